The van der Waals surface area contributed by atoms with E-state index in [0.29, 0.717) is 6.42 Å². The number of nitrogens with zero attached hydrogens (tertiary/aromatic N) is 1. The lowest BCUT2D eigenvalue weighted by Gasteiger charge is -2.19. The molecule has 0 aliphatic heterocycles. The van der Waals surface area contributed by atoms with Crippen molar-refractivity contribution in [2.24, 2.45) is 0 Å². The molecule has 0 radical (unpaired) electrons. The number of unbranched alkanes of at least 4 members (excludes halogenated alkanes) is 2. The van der Waals surface area contributed by atoms with Gasteiger partial charge in [-0.2, -0.15) is 0 Å². The summed E-state index contributed by atoms with van der Waals surface area (Å²) in [5.41, 5.74) is -1.88. The third-order valence-corrected chi connectivity index (χ3v) is 2.42. The Morgan fingerprint density at radius 2 is 2.20 bits per heavy atom. The van der Waals surface area contributed by atoms with Gasteiger partial charge >= 0.3 is 11.5 Å². The third-order valence-electron chi connectivity index (χ3n) is 2.42. The average Bonchev–Trinajstić information content (AvgIpc) is 2.15. The molecule has 0 saturated carbocycles. The number of rotatable bonds is 8. The van der Waals surface area contributed by atoms with E-state index in [1.54, 1.807) is 0 Å². The molecule has 0 aromatic carbocycles. The van der Waals surface area contributed by atoms with E-state index in [1.165, 1.54) is 6.08 Å². The van der Waals surface area contributed by atoms with Crippen LogP contribution in [0.15, 0.2) is 12.7 Å². The van der Waals surface area contributed by atoms with E-state index in [4.69, 9.17) is 5.11 Å². The molecule has 0 aromatic rings. The molecular formula is C10H17NO4. The van der Waals surface area contributed by atoms with E-state index < -0.39 is 16.4 Å². The maximum Gasteiger partial charge on any atom is 0.382 e. The standard InChI is InChI=1S/C10H17NO4/c1-3-5-6-8-10(7-4-2,9(12)13)11(14)15/h4H,2-3,5-8H2,1H3,(H,12,13). The Bertz CT molecular complexity index is 236. The summed E-state index contributed by atoms with van der Waals surface area (Å²) in [7, 11) is 0. The van der Waals surface area contributed by atoms with Crippen molar-refractivity contribution in [2.45, 2.75) is 44.6 Å². The van der Waals surface area contributed by atoms with Crippen LogP contribution < -0.4 is 0 Å². The molecule has 1 unspecified atom stereocenters. The molecule has 0 bridgehead atoms. The predicted molar refractivity (Wildman–Crippen MR) is 56.3 cm³/mol. The quantitative estimate of drug-likeness (QED) is 0.291. The number of carboxylic acids is 1. The Morgan fingerprint density at radius 3 is 2.53 bits per heavy atom. The van der Waals surface area contributed by atoms with Gasteiger partial charge in [0.15, 0.2) is 0 Å². The highest BCUT2D eigenvalue weighted by molar-refractivity contribution is 5.77. The minimum Gasteiger partial charge on any atom is -0.476 e. The molecule has 0 amide bonds. The maximum atomic E-state index is 11.0. The molecule has 5 nitrogen and oxygen atoms in total. The van der Waals surface area contributed by atoms with Gasteiger partial charge in [-0.1, -0.05) is 25.8 Å². The monoisotopic (exact) mass is 215 g/mol. The lowest BCUT2D eigenvalue weighted by Crippen LogP contribution is -2.46. The molecule has 0 saturated heterocycles. The first-order valence-electron chi connectivity index (χ1n) is 5.00. The first-order chi connectivity index (χ1) is 7.01. The fourth-order valence-corrected chi connectivity index (χ4v) is 1.45. The number of nitro groups is 1. The molecule has 86 valence electrons. The Kier molecular flexibility index (Phi) is 5.59. The zero-order chi connectivity index (χ0) is 11.9. The third kappa shape index (κ3) is 3.34. The van der Waals surface area contributed by atoms with Gasteiger partial charge < -0.3 is 5.11 Å². The SMILES string of the molecule is C=CCC(CCCCC)(C(=O)O)[N+](=O)[O-]. The number of aliphatic carboxylic acids is 1. The van der Waals surface area contributed by atoms with Crippen molar-refractivity contribution in [3.8, 4) is 0 Å². The fourth-order valence-electron chi connectivity index (χ4n) is 1.45. The van der Waals surface area contributed by atoms with E-state index in [2.05, 4.69) is 6.58 Å². The van der Waals surface area contributed by atoms with Crippen LogP contribution >= 0.6 is 0 Å². The van der Waals surface area contributed by atoms with Crippen molar-refractivity contribution in [1.29, 1.82) is 0 Å². The summed E-state index contributed by atoms with van der Waals surface area (Å²) in [5.74, 6) is -1.37. The van der Waals surface area contributed by atoms with Crippen molar-refractivity contribution >= 4 is 5.97 Å². The van der Waals surface area contributed by atoms with Gasteiger partial charge in [-0.25, -0.2) is 4.79 Å². The largest absolute Gasteiger partial charge is 0.476 e. The van der Waals surface area contributed by atoms with Crippen LogP contribution in [0, 0.1) is 10.1 Å². The molecule has 15 heavy (non-hydrogen) atoms. The van der Waals surface area contributed by atoms with Gasteiger partial charge in [0.25, 0.3) is 0 Å². The molecule has 1 atom stereocenters. The summed E-state index contributed by atoms with van der Waals surface area (Å²) in [4.78, 5) is 21.1. The molecule has 0 fully saturated rings. The molecular weight excluding hydrogens is 198 g/mol. The second-order valence-electron chi connectivity index (χ2n) is 3.54. The van der Waals surface area contributed by atoms with Gasteiger partial charge in [0.05, 0.1) is 0 Å². The van der Waals surface area contributed by atoms with Gasteiger partial charge in [0, 0.05) is 17.8 Å². The molecule has 0 spiro atoms. The Morgan fingerprint density at radius 1 is 1.60 bits per heavy atom. The van der Waals surface area contributed by atoms with E-state index in [-0.39, 0.29) is 12.8 Å². The highest BCUT2D eigenvalue weighted by Crippen LogP contribution is 2.24. The van der Waals surface area contributed by atoms with Crippen molar-refractivity contribution in [3.05, 3.63) is 22.8 Å². The van der Waals surface area contributed by atoms with Crippen LogP contribution in [0.4, 0.5) is 0 Å². The van der Waals surface area contributed by atoms with Crippen LogP contribution in [0.5, 0.6) is 0 Å². The van der Waals surface area contributed by atoms with Gasteiger partial charge in [-0.15, -0.1) is 6.58 Å². The number of carbonyl (C=O) groups is 1. The second-order valence-corrected chi connectivity index (χ2v) is 3.54. The van der Waals surface area contributed by atoms with E-state index >= 15 is 0 Å². The van der Waals surface area contributed by atoms with E-state index in [0.717, 1.165) is 12.8 Å². The normalized spacial score (nSPS) is 14.2. The smallest absolute Gasteiger partial charge is 0.382 e. The van der Waals surface area contributed by atoms with Crippen LogP contribution in [-0.2, 0) is 4.79 Å². The zero-order valence-corrected chi connectivity index (χ0v) is 8.94. The minimum atomic E-state index is -1.88. The molecule has 1 N–H and O–H groups in total. The molecule has 5 heteroatoms. The highest BCUT2D eigenvalue weighted by atomic mass is 16.6. The van der Waals surface area contributed by atoms with Crippen molar-refractivity contribution in [3.63, 3.8) is 0 Å². The molecule has 0 heterocycles. The molecule has 0 aliphatic carbocycles. The number of hydrogen-bond donors (Lipinski definition) is 1. The van der Waals surface area contributed by atoms with Crippen LogP contribution in [0.1, 0.15) is 39.0 Å². The first-order valence-corrected chi connectivity index (χ1v) is 5.00. The average molecular weight is 215 g/mol. The Labute approximate surface area is 88.9 Å². The Hall–Kier alpha value is -1.39. The Balaban J connectivity index is 4.71. The highest BCUT2D eigenvalue weighted by Gasteiger charge is 2.49. The van der Waals surface area contributed by atoms with Crippen LogP contribution in [0.2, 0.25) is 0 Å². The van der Waals surface area contributed by atoms with Crippen LogP contribution in [-0.4, -0.2) is 21.5 Å². The topological polar surface area (TPSA) is 80.4 Å². The minimum absolute atomic E-state index is 0.0647. The predicted octanol–water partition coefficient (Wildman–Crippen LogP) is 2.24. The maximum absolute atomic E-state index is 11.0. The van der Waals surface area contributed by atoms with E-state index in [1.807, 2.05) is 6.92 Å². The van der Waals surface area contributed by atoms with Gasteiger partial charge in [0.1, 0.15) is 0 Å². The van der Waals surface area contributed by atoms with Crippen molar-refractivity contribution in [2.75, 3.05) is 0 Å². The molecule has 0 aliphatic rings. The number of hydrogen-bond acceptors (Lipinski definition) is 3. The lowest BCUT2D eigenvalue weighted by molar-refractivity contribution is -0.555. The van der Waals surface area contributed by atoms with Gasteiger partial charge in [-0.05, 0) is 6.42 Å². The van der Waals surface area contributed by atoms with Gasteiger partial charge in [-0.3, -0.25) is 10.1 Å². The van der Waals surface area contributed by atoms with Crippen molar-refractivity contribution < 1.29 is 14.8 Å². The summed E-state index contributed by atoms with van der Waals surface area (Å²) >= 11 is 0. The van der Waals surface area contributed by atoms with E-state index in [9.17, 15) is 14.9 Å². The van der Waals surface area contributed by atoms with Crippen LogP contribution in [0.25, 0.3) is 0 Å². The van der Waals surface area contributed by atoms with Crippen molar-refractivity contribution in [1.82, 2.24) is 0 Å². The second kappa shape index (κ2) is 6.16. The summed E-state index contributed by atoms with van der Waals surface area (Å²) in [6.07, 6.45) is 3.50. The lowest BCUT2D eigenvalue weighted by atomic mass is 9.89. The van der Waals surface area contributed by atoms with Gasteiger partial charge in [0.2, 0.25) is 0 Å². The fraction of sp³-hybridized carbons (Fsp3) is 0.700. The summed E-state index contributed by atoms with van der Waals surface area (Å²) in [6, 6.07) is 0. The molecule has 0 rings (SSSR count). The molecule has 0 aromatic heterocycles. The number of carboxylic acid groups (broad SMARTS) is 1. The zero-order valence-electron chi connectivity index (χ0n) is 8.94. The summed E-state index contributed by atoms with van der Waals surface area (Å²) < 4.78 is 0. The summed E-state index contributed by atoms with van der Waals surface area (Å²) in [6.45, 7) is 5.33. The van der Waals surface area contributed by atoms with Crippen LogP contribution in [0.3, 0.4) is 0 Å². The summed E-state index contributed by atoms with van der Waals surface area (Å²) in [5, 5.41) is 19.8. The first kappa shape index (κ1) is 13.6.